The first-order chi connectivity index (χ1) is 15.4. The SMILES string of the molecule is C1CCCCC(N2[C@@H]3CCC[C@H]2CC(N2CC4=C2CC4)C3)CCCC1.C=C.CC.CC. The molecule has 0 spiro atoms. The average molecular weight is 431 g/mol. The van der Waals surface area contributed by atoms with Gasteiger partial charge in [-0.15, -0.1) is 13.2 Å². The monoisotopic (exact) mass is 430 g/mol. The normalized spacial score (nSPS) is 31.1. The molecule has 2 aliphatic carbocycles. The molecule has 3 atom stereocenters. The van der Waals surface area contributed by atoms with Gasteiger partial charge in [-0.1, -0.05) is 79.1 Å². The molecule has 0 radical (unpaired) electrons. The fourth-order valence-electron chi connectivity index (χ4n) is 6.82. The van der Waals surface area contributed by atoms with Crippen LogP contribution in [0.1, 0.15) is 130 Å². The molecule has 3 fully saturated rings. The summed E-state index contributed by atoms with van der Waals surface area (Å²) in [5.74, 6) is 0. The Bertz CT molecular complexity index is 501. The standard InChI is InChI=1S/C23H38N2.2C2H6.C2H4/c1-2-4-6-9-19(10-7-5-3-1)25-20-11-8-12-21(25)16-22(15-20)24-17-18-13-14-23(18)24;3*1-2/h19-22H,1-17H2;2*1-2H3;1-2H2/t20-,21+,22?;;;. The molecule has 0 aromatic carbocycles. The van der Waals surface area contributed by atoms with Crippen LogP contribution < -0.4 is 0 Å². The summed E-state index contributed by atoms with van der Waals surface area (Å²) >= 11 is 0. The van der Waals surface area contributed by atoms with Crippen LogP contribution in [0.4, 0.5) is 0 Å². The Labute approximate surface area is 195 Å². The third-order valence-electron chi connectivity index (χ3n) is 8.22. The van der Waals surface area contributed by atoms with Crippen molar-refractivity contribution in [2.24, 2.45) is 0 Å². The first kappa shape index (κ1) is 26.5. The van der Waals surface area contributed by atoms with Crippen molar-refractivity contribution in [3.05, 3.63) is 24.4 Å². The van der Waals surface area contributed by atoms with Gasteiger partial charge in [-0.25, -0.2) is 0 Å². The van der Waals surface area contributed by atoms with Gasteiger partial charge in [0, 0.05) is 36.4 Å². The molecular weight excluding hydrogens is 376 g/mol. The lowest BCUT2D eigenvalue weighted by Crippen LogP contribution is -2.61. The van der Waals surface area contributed by atoms with Crippen molar-refractivity contribution in [2.45, 2.75) is 155 Å². The van der Waals surface area contributed by atoms with Crippen LogP contribution in [0.15, 0.2) is 24.4 Å². The Morgan fingerprint density at radius 3 is 1.48 bits per heavy atom. The van der Waals surface area contributed by atoms with Crippen LogP contribution >= 0.6 is 0 Å². The van der Waals surface area contributed by atoms with E-state index >= 15 is 0 Å². The number of nitrogens with zero attached hydrogens (tertiary/aromatic N) is 2. The van der Waals surface area contributed by atoms with E-state index < -0.39 is 0 Å². The number of allylic oxidation sites excluding steroid dienone is 1. The molecule has 1 unspecified atom stereocenters. The molecule has 5 aliphatic rings. The summed E-state index contributed by atoms with van der Waals surface area (Å²) in [6, 6.07) is 3.64. The zero-order valence-corrected chi connectivity index (χ0v) is 21.6. The number of fused-ring (bicyclic) bond motifs is 2. The van der Waals surface area contributed by atoms with Crippen molar-refractivity contribution < 1.29 is 0 Å². The molecular formula is C29H54N2. The number of likely N-dealkylation sites (tertiary alicyclic amines) is 1. The van der Waals surface area contributed by atoms with Crippen molar-refractivity contribution in [3.8, 4) is 0 Å². The first-order valence-electron chi connectivity index (χ1n) is 14.1. The fourth-order valence-corrected chi connectivity index (χ4v) is 6.82. The molecule has 31 heavy (non-hydrogen) atoms. The van der Waals surface area contributed by atoms with Crippen molar-refractivity contribution in [3.63, 3.8) is 0 Å². The minimum atomic E-state index is 0.894. The Kier molecular flexibility index (Phi) is 12.3. The molecule has 1 saturated carbocycles. The Balaban J connectivity index is 0.000000527. The molecule has 2 nitrogen and oxygen atoms in total. The molecule has 2 bridgehead atoms. The number of hydrogen-bond donors (Lipinski definition) is 0. The maximum atomic E-state index is 3.09. The number of rotatable bonds is 2. The second-order valence-corrected chi connectivity index (χ2v) is 9.70. The van der Waals surface area contributed by atoms with Gasteiger partial charge in [0.1, 0.15) is 0 Å². The van der Waals surface area contributed by atoms with Gasteiger partial charge in [-0.05, 0) is 56.9 Å². The third kappa shape index (κ3) is 6.40. The van der Waals surface area contributed by atoms with E-state index in [2.05, 4.69) is 23.0 Å². The number of piperidine rings is 3. The topological polar surface area (TPSA) is 6.48 Å². The average Bonchev–Trinajstić information content (AvgIpc) is 2.82. The summed E-state index contributed by atoms with van der Waals surface area (Å²) in [7, 11) is 0. The largest absolute Gasteiger partial charge is 0.368 e. The van der Waals surface area contributed by atoms with Crippen LogP contribution in [0.3, 0.4) is 0 Å². The molecule has 180 valence electrons. The number of hydrogen-bond acceptors (Lipinski definition) is 2. The first-order valence-corrected chi connectivity index (χ1v) is 14.1. The Morgan fingerprint density at radius 2 is 1.06 bits per heavy atom. The van der Waals surface area contributed by atoms with Crippen molar-refractivity contribution in [2.75, 3.05) is 6.54 Å². The molecule has 2 heteroatoms. The second-order valence-electron chi connectivity index (χ2n) is 9.70. The van der Waals surface area contributed by atoms with Crippen LogP contribution in [0, 0.1) is 0 Å². The highest BCUT2D eigenvalue weighted by Crippen LogP contribution is 2.46. The van der Waals surface area contributed by atoms with E-state index in [-0.39, 0.29) is 0 Å². The summed E-state index contributed by atoms with van der Waals surface area (Å²) in [6.45, 7) is 15.3. The van der Waals surface area contributed by atoms with E-state index in [1.54, 1.807) is 11.3 Å². The fraction of sp³-hybridized carbons (Fsp3) is 0.862. The van der Waals surface area contributed by atoms with Crippen LogP contribution in [0.25, 0.3) is 0 Å². The predicted octanol–water partition coefficient (Wildman–Crippen LogP) is 8.48. The molecule has 0 amide bonds. The summed E-state index contributed by atoms with van der Waals surface area (Å²) < 4.78 is 0. The van der Waals surface area contributed by atoms with Crippen molar-refractivity contribution in [1.29, 1.82) is 0 Å². The maximum Gasteiger partial charge on any atom is 0.0409 e. The van der Waals surface area contributed by atoms with Crippen LogP contribution in [-0.2, 0) is 0 Å². The van der Waals surface area contributed by atoms with Gasteiger partial charge in [-0.3, -0.25) is 4.90 Å². The summed E-state index contributed by atoms with van der Waals surface area (Å²) in [5.41, 5.74) is 3.58. The van der Waals surface area contributed by atoms with E-state index in [0.717, 1.165) is 24.2 Å². The van der Waals surface area contributed by atoms with E-state index in [9.17, 15) is 0 Å². The van der Waals surface area contributed by atoms with Gasteiger partial charge in [0.2, 0.25) is 0 Å². The van der Waals surface area contributed by atoms with Crippen LogP contribution in [0.2, 0.25) is 0 Å². The Morgan fingerprint density at radius 1 is 0.581 bits per heavy atom. The van der Waals surface area contributed by atoms with E-state index in [0.29, 0.717) is 0 Å². The zero-order valence-electron chi connectivity index (χ0n) is 21.6. The molecule has 3 heterocycles. The lowest BCUT2D eigenvalue weighted by molar-refractivity contribution is -0.0407. The quantitative estimate of drug-likeness (QED) is 0.405. The second kappa shape index (κ2) is 14.4. The maximum absolute atomic E-state index is 3.09. The minimum Gasteiger partial charge on any atom is -0.368 e. The highest BCUT2D eigenvalue weighted by Gasteiger charge is 2.46. The highest BCUT2D eigenvalue weighted by atomic mass is 15.3. The van der Waals surface area contributed by atoms with Gasteiger partial charge in [0.15, 0.2) is 0 Å². The van der Waals surface area contributed by atoms with E-state index in [1.807, 2.05) is 27.7 Å². The van der Waals surface area contributed by atoms with Gasteiger partial charge in [0.25, 0.3) is 0 Å². The van der Waals surface area contributed by atoms with Gasteiger partial charge < -0.3 is 4.90 Å². The molecule has 0 aromatic rings. The molecule has 0 aromatic heterocycles. The molecule has 5 rings (SSSR count). The molecule has 3 aliphatic heterocycles. The minimum absolute atomic E-state index is 0.894. The third-order valence-corrected chi connectivity index (χ3v) is 8.22. The predicted molar refractivity (Wildman–Crippen MR) is 139 cm³/mol. The smallest absolute Gasteiger partial charge is 0.0409 e. The zero-order chi connectivity index (χ0) is 22.6. The molecule has 0 N–H and O–H groups in total. The molecule has 2 saturated heterocycles. The lowest BCUT2D eigenvalue weighted by atomic mass is 9.76. The Hall–Kier alpha value is -0.760. The van der Waals surface area contributed by atoms with E-state index in [4.69, 9.17) is 0 Å². The van der Waals surface area contributed by atoms with Crippen molar-refractivity contribution in [1.82, 2.24) is 9.80 Å². The van der Waals surface area contributed by atoms with Crippen LogP contribution in [0.5, 0.6) is 0 Å². The van der Waals surface area contributed by atoms with Crippen LogP contribution in [-0.4, -0.2) is 40.5 Å². The van der Waals surface area contributed by atoms with E-state index in [1.165, 1.54) is 109 Å². The summed E-state index contributed by atoms with van der Waals surface area (Å²) in [4.78, 5) is 5.92. The van der Waals surface area contributed by atoms with Crippen molar-refractivity contribution >= 4 is 0 Å². The highest BCUT2D eigenvalue weighted by molar-refractivity contribution is 5.35. The summed E-state index contributed by atoms with van der Waals surface area (Å²) in [6.07, 6.45) is 23.7. The summed E-state index contributed by atoms with van der Waals surface area (Å²) in [5, 5.41) is 0. The lowest BCUT2D eigenvalue weighted by Gasteiger charge is -2.58. The van der Waals surface area contributed by atoms with Gasteiger partial charge in [0.05, 0.1) is 0 Å². The van der Waals surface area contributed by atoms with Gasteiger partial charge in [-0.2, -0.15) is 0 Å². The van der Waals surface area contributed by atoms with Gasteiger partial charge >= 0.3 is 0 Å².